The van der Waals surface area contributed by atoms with Crippen molar-refractivity contribution in [2.75, 3.05) is 40.9 Å². The Hall–Kier alpha value is -1.02. The molecule has 9 heteroatoms. The summed E-state index contributed by atoms with van der Waals surface area (Å²) in [6, 6.07) is -0.884. The normalized spacial score (nSPS) is 14.8. The van der Waals surface area contributed by atoms with Crippen molar-refractivity contribution < 1.29 is 32.9 Å². The van der Waals surface area contributed by atoms with Crippen LogP contribution in [0, 0.1) is 0 Å². The maximum atomic E-state index is 12.8. The second-order valence-electron chi connectivity index (χ2n) is 15.3. The van der Waals surface area contributed by atoms with Gasteiger partial charge in [0, 0.05) is 6.42 Å². The van der Waals surface area contributed by atoms with E-state index in [1.807, 2.05) is 27.2 Å². The predicted molar refractivity (Wildman–Crippen MR) is 210 cm³/mol. The number of aliphatic hydroxyl groups is 1. The second-order valence-corrected chi connectivity index (χ2v) is 16.8. The summed E-state index contributed by atoms with van der Waals surface area (Å²) in [5.74, 6) is -0.204. The number of phosphoric acid groups is 1. The van der Waals surface area contributed by atoms with Gasteiger partial charge in [-0.15, -0.1) is 0 Å². The summed E-state index contributed by atoms with van der Waals surface area (Å²) in [6.45, 7) is 4.61. The SMILES string of the molecule is CCCCCC/C=C\CCCCCCCCCC(=O)N[C@@H](COP(=O)([O-])OCC[N+](C)(C)C)[C@H](O)/C=C/CCCCCCCCCCCCC. The van der Waals surface area contributed by atoms with Gasteiger partial charge in [-0.1, -0.05) is 154 Å². The van der Waals surface area contributed by atoms with Crippen LogP contribution in [0.3, 0.4) is 0 Å². The molecule has 0 bridgehead atoms. The van der Waals surface area contributed by atoms with Gasteiger partial charge in [0.25, 0.3) is 7.82 Å². The zero-order chi connectivity index (χ0) is 37.2. The number of carbonyl (C=O) groups excluding carboxylic acids is 1. The maximum absolute atomic E-state index is 12.8. The van der Waals surface area contributed by atoms with Crippen LogP contribution in [0.25, 0.3) is 0 Å². The number of nitrogens with zero attached hydrogens (tertiary/aromatic N) is 1. The monoisotopic (exact) mass is 729 g/mol. The van der Waals surface area contributed by atoms with E-state index in [9.17, 15) is 19.4 Å². The number of allylic oxidation sites excluding steroid dienone is 3. The van der Waals surface area contributed by atoms with E-state index in [4.69, 9.17) is 9.05 Å². The van der Waals surface area contributed by atoms with E-state index in [2.05, 4.69) is 31.3 Å². The predicted octanol–water partition coefficient (Wildman–Crippen LogP) is 10.3. The summed E-state index contributed by atoms with van der Waals surface area (Å²) in [6.07, 6.45) is 37.8. The minimum Gasteiger partial charge on any atom is -0.756 e. The molecule has 8 nitrogen and oxygen atoms in total. The van der Waals surface area contributed by atoms with E-state index in [1.165, 1.54) is 122 Å². The number of unbranched alkanes of at least 4 members (excludes halogenated alkanes) is 22. The quantitative estimate of drug-likeness (QED) is 0.0285. The highest BCUT2D eigenvalue weighted by molar-refractivity contribution is 7.45. The fourth-order valence-corrected chi connectivity index (χ4v) is 6.52. The Balaban J connectivity index is 4.48. The van der Waals surface area contributed by atoms with Gasteiger partial charge in [-0.25, -0.2) is 0 Å². The first-order valence-electron chi connectivity index (χ1n) is 20.7. The summed E-state index contributed by atoms with van der Waals surface area (Å²) in [4.78, 5) is 25.2. The van der Waals surface area contributed by atoms with Crippen LogP contribution in [-0.2, 0) is 18.4 Å². The molecule has 2 N–H and O–H groups in total. The lowest BCUT2D eigenvalue weighted by Gasteiger charge is -2.29. The third-order valence-electron chi connectivity index (χ3n) is 9.16. The Morgan fingerprint density at radius 1 is 0.680 bits per heavy atom. The summed E-state index contributed by atoms with van der Waals surface area (Å²) >= 11 is 0. The van der Waals surface area contributed by atoms with Crippen molar-refractivity contribution in [2.24, 2.45) is 0 Å². The molecule has 0 saturated heterocycles. The van der Waals surface area contributed by atoms with E-state index in [1.54, 1.807) is 6.08 Å². The topological polar surface area (TPSA) is 108 Å². The Morgan fingerprint density at radius 2 is 1.10 bits per heavy atom. The summed E-state index contributed by atoms with van der Waals surface area (Å²) in [7, 11) is 1.26. The number of quaternary nitrogens is 1. The van der Waals surface area contributed by atoms with E-state index in [-0.39, 0.29) is 19.1 Å². The summed E-state index contributed by atoms with van der Waals surface area (Å²) < 4.78 is 23.1. The minimum absolute atomic E-state index is 0.00103. The van der Waals surface area contributed by atoms with Gasteiger partial charge in [0.05, 0.1) is 39.9 Å². The lowest BCUT2D eigenvalue weighted by Crippen LogP contribution is -2.45. The molecule has 1 amide bonds. The minimum atomic E-state index is -4.58. The number of hydrogen-bond acceptors (Lipinski definition) is 6. The van der Waals surface area contributed by atoms with E-state index >= 15 is 0 Å². The molecule has 0 saturated carbocycles. The van der Waals surface area contributed by atoms with Crippen LogP contribution in [0.2, 0.25) is 0 Å². The molecule has 0 aliphatic carbocycles. The molecular weight excluding hydrogens is 647 g/mol. The molecule has 0 aromatic carbocycles. The van der Waals surface area contributed by atoms with Crippen LogP contribution >= 0.6 is 7.82 Å². The Labute approximate surface area is 309 Å². The molecular formula is C41H81N2O6P. The van der Waals surface area contributed by atoms with Gasteiger partial charge < -0.3 is 28.8 Å². The second kappa shape index (κ2) is 33.8. The average Bonchev–Trinajstić information content (AvgIpc) is 3.06. The van der Waals surface area contributed by atoms with Crippen LogP contribution < -0.4 is 10.2 Å². The number of phosphoric ester groups is 1. The van der Waals surface area contributed by atoms with Crippen molar-refractivity contribution in [3.8, 4) is 0 Å². The lowest BCUT2D eigenvalue weighted by molar-refractivity contribution is -0.870. The number of likely N-dealkylation sites (N-methyl/N-ethyl adjacent to an activating group) is 1. The molecule has 50 heavy (non-hydrogen) atoms. The van der Waals surface area contributed by atoms with Gasteiger partial charge in [0.15, 0.2) is 0 Å². The number of carbonyl (C=O) groups is 1. The summed E-state index contributed by atoms with van der Waals surface area (Å²) in [5.41, 5.74) is 0. The molecule has 1 unspecified atom stereocenters. The molecule has 0 fully saturated rings. The highest BCUT2D eigenvalue weighted by Gasteiger charge is 2.23. The van der Waals surface area contributed by atoms with Gasteiger partial charge in [-0.2, -0.15) is 0 Å². The molecule has 0 spiro atoms. The molecule has 0 heterocycles. The number of rotatable bonds is 37. The Kier molecular flexibility index (Phi) is 33.1. The van der Waals surface area contributed by atoms with Crippen LogP contribution in [0.4, 0.5) is 0 Å². The average molecular weight is 729 g/mol. The first-order valence-corrected chi connectivity index (χ1v) is 22.2. The molecule has 296 valence electrons. The fourth-order valence-electron chi connectivity index (χ4n) is 5.79. The number of hydrogen-bond donors (Lipinski definition) is 2. The van der Waals surface area contributed by atoms with Crippen molar-refractivity contribution >= 4 is 13.7 Å². The van der Waals surface area contributed by atoms with E-state index in [0.717, 1.165) is 38.5 Å². The molecule has 0 aliphatic heterocycles. The van der Waals surface area contributed by atoms with Gasteiger partial charge in [-0.05, 0) is 44.9 Å². The van der Waals surface area contributed by atoms with E-state index < -0.39 is 20.0 Å². The van der Waals surface area contributed by atoms with Crippen LogP contribution in [0.15, 0.2) is 24.3 Å². The highest BCUT2D eigenvalue weighted by Crippen LogP contribution is 2.38. The molecule has 0 aliphatic rings. The first kappa shape index (κ1) is 49.0. The van der Waals surface area contributed by atoms with Crippen molar-refractivity contribution in [1.29, 1.82) is 0 Å². The molecule has 0 rings (SSSR count). The lowest BCUT2D eigenvalue weighted by atomic mass is 10.0. The van der Waals surface area contributed by atoms with Crippen molar-refractivity contribution in [3.05, 3.63) is 24.3 Å². The molecule has 3 atom stereocenters. The summed E-state index contributed by atoms with van der Waals surface area (Å²) in [5, 5.41) is 13.7. The Morgan fingerprint density at radius 3 is 1.58 bits per heavy atom. The smallest absolute Gasteiger partial charge is 0.268 e. The zero-order valence-corrected chi connectivity index (χ0v) is 34.2. The molecule has 0 radical (unpaired) electrons. The maximum Gasteiger partial charge on any atom is 0.268 e. The number of aliphatic hydroxyl groups excluding tert-OH is 1. The highest BCUT2D eigenvalue weighted by atomic mass is 31.2. The van der Waals surface area contributed by atoms with Gasteiger partial charge in [0.2, 0.25) is 5.91 Å². The van der Waals surface area contributed by atoms with Gasteiger partial charge in [-0.3, -0.25) is 9.36 Å². The molecule has 0 aromatic heterocycles. The standard InChI is InChI=1S/C41H81N2O6P/c1-6-8-10-12-14-16-18-20-21-23-25-27-29-31-33-35-41(45)42-39(38-49-50(46,47)48-37-36-43(3,4)5)40(44)34-32-30-28-26-24-22-19-17-15-13-11-9-7-2/h16,18,32,34,39-40,44H,6-15,17,19-31,33,35-38H2,1-5H3,(H-,42,45,46,47)/b18-16-,34-32+/t39-,40+/m0/s1. The number of nitrogens with one attached hydrogen (secondary N) is 1. The third-order valence-corrected chi connectivity index (χ3v) is 10.1. The van der Waals surface area contributed by atoms with Crippen LogP contribution in [0.1, 0.15) is 181 Å². The first-order chi connectivity index (χ1) is 24.0. The number of amides is 1. The fraction of sp³-hybridized carbons (Fsp3) is 0.878. The van der Waals surface area contributed by atoms with Crippen molar-refractivity contribution in [1.82, 2.24) is 5.32 Å². The van der Waals surface area contributed by atoms with Crippen molar-refractivity contribution in [2.45, 2.75) is 193 Å². The van der Waals surface area contributed by atoms with Crippen molar-refractivity contribution in [3.63, 3.8) is 0 Å². The Bertz CT molecular complexity index is 876. The molecule has 0 aromatic rings. The largest absolute Gasteiger partial charge is 0.756 e. The van der Waals surface area contributed by atoms with Crippen LogP contribution in [-0.4, -0.2) is 68.5 Å². The third kappa shape index (κ3) is 35.4. The van der Waals surface area contributed by atoms with Gasteiger partial charge >= 0.3 is 0 Å². The zero-order valence-electron chi connectivity index (χ0n) is 33.4. The van der Waals surface area contributed by atoms with E-state index in [0.29, 0.717) is 17.4 Å². The van der Waals surface area contributed by atoms with Crippen LogP contribution in [0.5, 0.6) is 0 Å². The van der Waals surface area contributed by atoms with Gasteiger partial charge in [0.1, 0.15) is 13.2 Å².